The molecule has 1 aromatic rings. The van der Waals surface area contributed by atoms with Crippen molar-refractivity contribution in [2.75, 3.05) is 26.2 Å². The summed E-state index contributed by atoms with van der Waals surface area (Å²) in [4.78, 5) is 7.02. The van der Waals surface area contributed by atoms with Gasteiger partial charge >= 0.3 is 0 Å². The van der Waals surface area contributed by atoms with Crippen LogP contribution in [0.25, 0.3) is 0 Å². The molecule has 1 atom stereocenters. The Morgan fingerprint density at radius 1 is 1.50 bits per heavy atom. The normalized spacial score (nSPS) is 19.1. The van der Waals surface area contributed by atoms with E-state index in [1.54, 1.807) is 11.3 Å². The molecule has 3 nitrogen and oxygen atoms in total. The van der Waals surface area contributed by atoms with Gasteiger partial charge in [0.2, 0.25) is 0 Å². The average Bonchev–Trinajstić information content (AvgIpc) is 3.13. The molecule has 20 heavy (non-hydrogen) atoms. The number of aryl methyl sites for hydroxylation is 1. The molecule has 0 bridgehead atoms. The van der Waals surface area contributed by atoms with Gasteiger partial charge in [0.15, 0.2) is 0 Å². The smallest absolute Gasteiger partial charge is 0.0928 e. The molecule has 2 heterocycles. The first-order chi connectivity index (χ1) is 9.81. The zero-order valence-electron chi connectivity index (χ0n) is 12.3. The van der Waals surface area contributed by atoms with Gasteiger partial charge in [-0.25, -0.2) is 4.98 Å². The molecular weight excluding hydrogens is 292 g/mol. The summed E-state index contributed by atoms with van der Waals surface area (Å²) in [6.07, 6.45) is 6.46. The van der Waals surface area contributed by atoms with E-state index in [1.807, 2.05) is 0 Å². The average molecular weight is 317 g/mol. The number of hydrogen-bond donors (Lipinski definition) is 0. The van der Waals surface area contributed by atoms with Gasteiger partial charge in [-0.1, -0.05) is 6.92 Å². The molecule has 0 aromatic carbocycles. The van der Waals surface area contributed by atoms with Gasteiger partial charge in [-0.05, 0) is 45.2 Å². The summed E-state index contributed by atoms with van der Waals surface area (Å²) in [5.41, 5.74) is 1.01. The largest absolute Gasteiger partial charge is 0.377 e. The van der Waals surface area contributed by atoms with Crippen molar-refractivity contribution in [2.24, 2.45) is 0 Å². The summed E-state index contributed by atoms with van der Waals surface area (Å²) in [6.45, 7) is 6.58. The van der Waals surface area contributed by atoms with Crippen molar-refractivity contribution < 1.29 is 4.74 Å². The Morgan fingerprint density at radius 3 is 3.05 bits per heavy atom. The Labute approximate surface area is 131 Å². The summed E-state index contributed by atoms with van der Waals surface area (Å²) in [5.74, 6) is 0.529. The zero-order chi connectivity index (χ0) is 14.2. The first-order valence-corrected chi connectivity index (χ1v) is 9.06. The second-order valence-electron chi connectivity index (χ2n) is 5.35. The molecular formula is C15H25ClN2OS. The highest BCUT2D eigenvalue weighted by Gasteiger charge is 2.18. The Bertz CT molecular complexity index is 380. The summed E-state index contributed by atoms with van der Waals surface area (Å²) in [5, 5.41) is 3.29. The number of ether oxygens (including phenoxy) is 1. The highest BCUT2D eigenvalue weighted by atomic mass is 35.5. The fourth-order valence-corrected chi connectivity index (χ4v) is 3.66. The van der Waals surface area contributed by atoms with E-state index in [1.165, 1.54) is 37.2 Å². The molecule has 1 fully saturated rings. The fourth-order valence-electron chi connectivity index (χ4n) is 2.59. The quantitative estimate of drug-likeness (QED) is 0.513. The molecule has 1 aliphatic rings. The van der Waals surface area contributed by atoms with E-state index in [-0.39, 0.29) is 0 Å². The van der Waals surface area contributed by atoms with Gasteiger partial charge in [0.1, 0.15) is 0 Å². The molecule has 5 heteroatoms. The molecule has 0 amide bonds. The van der Waals surface area contributed by atoms with Crippen molar-refractivity contribution in [3.63, 3.8) is 0 Å². The molecule has 0 saturated carbocycles. The molecule has 0 N–H and O–H groups in total. The number of rotatable bonds is 9. The first-order valence-electron chi connectivity index (χ1n) is 7.65. The number of nitrogens with zero attached hydrogens (tertiary/aromatic N) is 2. The lowest BCUT2D eigenvalue weighted by Crippen LogP contribution is -2.32. The van der Waals surface area contributed by atoms with E-state index < -0.39 is 0 Å². The molecule has 1 unspecified atom stereocenters. The van der Waals surface area contributed by atoms with Crippen LogP contribution in [-0.2, 0) is 17.0 Å². The van der Waals surface area contributed by atoms with Crippen LogP contribution in [-0.4, -0.2) is 42.2 Å². The van der Waals surface area contributed by atoms with Crippen molar-refractivity contribution in [3.05, 3.63) is 16.1 Å². The number of likely N-dealkylation sites (N-methyl/N-ethyl adjacent to an activating group) is 1. The van der Waals surface area contributed by atoms with Crippen molar-refractivity contribution in [1.29, 1.82) is 0 Å². The maximum absolute atomic E-state index is 5.77. The second kappa shape index (κ2) is 8.98. The Kier molecular flexibility index (Phi) is 7.28. The minimum absolute atomic E-state index is 0.472. The third-order valence-corrected chi connectivity index (χ3v) is 5.02. The maximum Gasteiger partial charge on any atom is 0.0928 e. The highest BCUT2D eigenvalue weighted by molar-refractivity contribution is 7.09. The van der Waals surface area contributed by atoms with Crippen LogP contribution >= 0.6 is 22.9 Å². The molecule has 1 aromatic heterocycles. The fraction of sp³-hybridized carbons (Fsp3) is 0.800. The Hall–Kier alpha value is -0.160. The molecule has 114 valence electrons. The van der Waals surface area contributed by atoms with E-state index in [2.05, 4.69) is 22.2 Å². The number of hydrogen-bond acceptors (Lipinski definition) is 4. The highest BCUT2D eigenvalue weighted by Crippen LogP contribution is 2.15. The minimum atomic E-state index is 0.472. The van der Waals surface area contributed by atoms with E-state index >= 15 is 0 Å². The first kappa shape index (κ1) is 16.2. The van der Waals surface area contributed by atoms with Crippen LogP contribution in [0.1, 0.15) is 43.3 Å². The predicted molar refractivity (Wildman–Crippen MR) is 85.7 cm³/mol. The molecule has 0 radical (unpaired) electrons. The van der Waals surface area contributed by atoms with Gasteiger partial charge in [-0.15, -0.1) is 22.9 Å². The third kappa shape index (κ3) is 5.32. The third-order valence-electron chi connectivity index (χ3n) is 3.78. The lowest BCUT2D eigenvalue weighted by molar-refractivity contribution is 0.0743. The molecule has 0 spiro atoms. The van der Waals surface area contributed by atoms with Gasteiger partial charge < -0.3 is 9.64 Å². The predicted octanol–water partition coefficient (Wildman–Crippen LogP) is 3.71. The van der Waals surface area contributed by atoms with Crippen LogP contribution in [0, 0.1) is 0 Å². The minimum Gasteiger partial charge on any atom is -0.377 e. The Balaban J connectivity index is 1.60. The van der Waals surface area contributed by atoms with Crippen LogP contribution in [0.15, 0.2) is 5.38 Å². The number of alkyl halides is 1. The summed E-state index contributed by atoms with van der Waals surface area (Å²) in [7, 11) is 0. The van der Waals surface area contributed by atoms with Gasteiger partial charge in [0, 0.05) is 18.5 Å². The molecule has 0 aliphatic carbocycles. The standard InChI is InChI=1S/C15H25ClN2OS/c1-2-18(11-14-6-5-9-19-14)8-4-3-7-15-17-13(10-16)12-20-15/h12,14H,2-11H2,1H3. The molecule has 1 saturated heterocycles. The van der Waals surface area contributed by atoms with E-state index in [0.29, 0.717) is 12.0 Å². The van der Waals surface area contributed by atoms with Gasteiger partial charge in [0.05, 0.1) is 22.7 Å². The Morgan fingerprint density at radius 2 is 2.40 bits per heavy atom. The van der Waals surface area contributed by atoms with Crippen LogP contribution < -0.4 is 0 Å². The monoisotopic (exact) mass is 316 g/mol. The van der Waals surface area contributed by atoms with E-state index in [9.17, 15) is 0 Å². The topological polar surface area (TPSA) is 25.4 Å². The molecule has 1 aliphatic heterocycles. The zero-order valence-corrected chi connectivity index (χ0v) is 13.9. The van der Waals surface area contributed by atoms with Crippen LogP contribution in [0.5, 0.6) is 0 Å². The SMILES string of the molecule is CCN(CCCCc1nc(CCl)cs1)CC1CCCO1. The van der Waals surface area contributed by atoms with Crippen LogP contribution in [0.2, 0.25) is 0 Å². The number of thiazole rings is 1. The lowest BCUT2D eigenvalue weighted by atomic mass is 10.2. The number of halogens is 1. The van der Waals surface area contributed by atoms with Crippen molar-refractivity contribution in [1.82, 2.24) is 9.88 Å². The summed E-state index contributed by atoms with van der Waals surface area (Å²) in [6, 6.07) is 0. The molecule has 2 rings (SSSR count). The summed E-state index contributed by atoms with van der Waals surface area (Å²) >= 11 is 7.50. The van der Waals surface area contributed by atoms with Gasteiger partial charge in [0.25, 0.3) is 0 Å². The number of unbranched alkanes of at least 4 members (excludes halogenated alkanes) is 1. The van der Waals surface area contributed by atoms with Crippen LogP contribution in [0.3, 0.4) is 0 Å². The van der Waals surface area contributed by atoms with Gasteiger partial charge in [-0.3, -0.25) is 0 Å². The van der Waals surface area contributed by atoms with Crippen molar-refractivity contribution in [3.8, 4) is 0 Å². The van der Waals surface area contributed by atoms with Crippen LogP contribution in [0.4, 0.5) is 0 Å². The van der Waals surface area contributed by atoms with Crippen molar-refractivity contribution >= 4 is 22.9 Å². The maximum atomic E-state index is 5.77. The lowest BCUT2D eigenvalue weighted by Gasteiger charge is -2.23. The number of aromatic nitrogens is 1. The van der Waals surface area contributed by atoms with E-state index in [4.69, 9.17) is 16.3 Å². The summed E-state index contributed by atoms with van der Waals surface area (Å²) < 4.78 is 5.71. The van der Waals surface area contributed by atoms with E-state index in [0.717, 1.165) is 31.8 Å². The van der Waals surface area contributed by atoms with Gasteiger partial charge in [-0.2, -0.15) is 0 Å². The van der Waals surface area contributed by atoms with Crippen molar-refractivity contribution in [2.45, 2.75) is 51.0 Å². The second-order valence-corrected chi connectivity index (χ2v) is 6.56.